The zero-order valence-corrected chi connectivity index (χ0v) is 15.7. The van der Waals surface area contributed by atoms with Crippen molar-refractivity contribution in [2.45, 2.75) is 20.3 Å². The Balaban J connectivity index is 1.86. The van der Waals surface area contributed by atoms with Crippen LogP contribution < -0.4 is 10.2 Å². The number of carbonyl (C=O) groups is 3. The summed E-state index contributed by atoms with van der Waals surface area (Å²) in [5.41, 5.74) is 3.30. The standard InChI is InChI=1S/C21H22N2O4/c1-13-5-6-14(2)18(11-13)23-20(25)16-8-7-15(12-17(16)21(23)26)19(24)22-9-4-10-27-3/h5-8,11-12H,4,9-10H2,1-3H3,(H,22,24). The molecule has 1 aliphatic heterocycles. The first kappa shape index (κ1) is 18.8. The zero-order valence-electron chi connectivity index (χ0n) is 15.7. The lowest BCUT2D eigenvalue weighted by Gasteiger charge is -2.17. The number of hydrogen-bond donors (Lipinski definition) is 1. The van der Waals surface area contributed by atoms with Gasteiger partial charge in [0.05, 0.1) is 16.8 Å². The monoisotopic (exact) mass is 366 g/mol. The summed E-state index contributed by atoms with van der Waals surface area (Å²) in [7, 11) is 1.60. The number of anilines is 1. The molecule has 1 heterocycles. The lowest BCUT2D eigenvalue weighted by atomic mass is 10.1. The van der Waals surface area contributed by atoms with Crippen molar-refractivity contribution in [1.82, 2.24) is 5.32 Å². The van der Waals surface area contributed by atoms with Crippen LogP contribution in [0.1, 0.15) is 48.6 Å². The predicted octanol–water partition coefficient (Wildman–Crippen LogP) is 2.87. The van der Waals surface area contributed by atoms with E-state index in [1.165, 1.54) is 11.0 Å². The third-order valence-electron chi connectivity index (χ3n) is 4.57. The van der Waals surface area contributed by atoms with Crippen LogP contribution in [0, 0.1) is 13.8 Å². The van der Waals surface area contributed by atoms with Gasteiger partial charge in [0.25, 0.3) is 17.7 Å². The minimum atomic E-state index is -0.405. The van der Waals surface area contributed by atoms with Crippen molar-refractivity contribution in [2.75, 3.05) is 25.2 Å². The molecule has 0 fully saturated rings. The highest BCUT2D eigenvalue weighted by Crippen LogP contribution is 2.31. The molecule has 1 aliphatic rings. The molecule has 1 N–H and O–H groups in total. The molecule has 0 saturated carbocycles. The quantitative estimate of drug-likeness (QED) is 0.630. The van der Waals surface area contributed by atoms with E-state index >= 15 is 0 Å². The molecule has 140 valence electrons. The van der Waals surface area contributed by atoms with Gasteiger partial charge in [-0.15, -0.1) is 0 Å². The predicted molar refractivity (Wildman–Crippen MR) is 102 cm³/mol. The summed E-state index contributed by atoms with van der Waals surface area (Å²) >= 11 is 0. The molecule has 0 bridgehead atoms. The van der Waals surface area contributed by atoms with E-state index in [9.17, 15) is 14.4 Å². The fourth-order valence-electron chi connectivity index (χ4n) is 3.08. The normalized spacial score (nSPS) is 13.1. The number of benzene rings is 2. The van der Waals surface area contributed by atoms with Gasteiger partial charge in [-0.1, -0.05) is 12.1 Å². The molecule has 0 spiro atoms. The van der Waals surface area contributed by atoms with E-state index in [-0.39, 0.29) is 17.4 Å². The molecule has 3 rings (SSSR count). The largest absolute Gasteiger partial charge is 0.385 e. The van der Waals surface area contributed by atoms with Gasteiger partial charge in [-0.2, -0.15) is 0 Å². The first-order valence-electron chi connectivity index (χ1n) is 8.81. The number of methoxy groups -OCH3 is 1. The Morgan fingerprint density at radius 3 is 2.52 bits per heavy atom. The van der Waals surface area contributed by atoms with Crippen LogP contribution in [0.25, 0.3) is 0 Å². The van der Waals surface area contributed by atoms with Crippen LogP contribution in [-0.2, 0) is 4.74 Å². The Kier molecular flexibility index (Phi) is 5.37. The summed E-state index contributed by atoms with van der Waals surface area (Å²) in [5.74, 6) is -1.05. The van der Waals surface area contributed by atoms with E-state index in [2.05, 4.69) is 5.32 Å². The van der Waals surface area contributed by atoms with Gasteiger partial charge in [-0.3, -0.25) is 14.4 Å². The maximum absolute atomic E-state index is 12.9. The second-order valence-electron chi connectivity index (χ2n) is 6.60. The van der Waals surface area contributed by atoms with Crippen LogP contribution in [0.5, 0.6) is 0 Å². The number of imide groups is 1. The van der Waals surface area contributed by atoms with Crippen LogP contribution in [0.2, 0.25) is 0 Å². The molecule has 0 aromatic heterocycles. The maximum Gasteiger partial charge on any atom is 0.266 e. The lowest BCUT2D eigenvalue weighted by Crippen LogP contribution is -2.30. The Morgan fingerprint density at radius 2 is 1.78 bits per heavy atom. The van der Waals surface area contributed by atoms with E-state index in [1.54, 1.807) is 19.2 Å². The third-order valence-corrected chi connectivity index (χ3v) is 4.57. The summed E-state index contributed by atoms with van der Waals surface area (Å²) in [6.07, 6.45) is 0.699. The van der Waals surface area contributed by atoms with Crippen LogP contribution in [0.4, 0.5) is 5.69 Å². The number of ether oxygens (including phenoxy) is 1. The Bertz CT molecular complexity index is 920. The third kappa shape index (κ3) is 3.61. The Hall–Kier alpha value is -2.99. The van der Waals surface area contributed by atoms with Gasteiger partial charge in [0, 0.05) is 25.8 Å². The zero-order chi connectivity index (χ0) is 19.6. The van der Waals surface area contributed by atoms with E-state index in [4.69, 9.17) is 4.74 Å². The minimum absolute atomic E-state index is 0.255. The fraction of sp³-hybridized carbons (Fsp3) is 0.286. The molecule has 27 heavy (non-hydrogen) atoms. The summed E-state index contributed by atoms with van der Waals surface area (Å²) in [6.45, 7) is 4.80. The molecule has 3 amide bonds. The molecule has 2 aromatic rings. The van der Waals surface area contributed by atoms with Crippen LogP contribution >= 0.6 is 0 Å². The van der Waals surface area contributed by atoms with E-state index in [1.807, 2.05) is 32.0 Å². The van der Waals surface area contributed by atoms with Crippen molar-refractivity contribution in [3.8, 4) is 0 Å². The van der Waals surface area contributed by atoms with Gasteiger partial charge < -0.3 is 10.1 Å². The number of nitrogens with zero attached hydrogens (tertiary/aromatic N) is 1. The Morgan fingerprint density at radius 1 is 1.04 bits per heavy atom. The molecule has 2 aromatic carbocycles. The van der Waals surface area contributed by atoms with Gasteiger partial charge >= 0.3 is 0 Å². The van der Waals surface area contributed by atoms with Crippen molar-refractivity contribution in [2.24, 2.45) is 0 Å². The summed E-state index contributed by atoms with van der Waals surface area (Å²) in [5, 5.41) is 2.78. The SMILES string of the molecule is COCCCNC(=O)c1ccc2c(c1)C(=O)N(c1cc(C)ccc1C)C2=O. The maximum atomic E-state index is 12.9. The minimum Gasteiger partial charge on any atom is -0.385 e. The summed E-state index contributed by atoms with van der Waals surface area (Å²) in [6, 6.07) is 10.2. The van der Waals surface area contributed by atoms with Gasteiger partial charge in [0.15, 0.2) is 0 Å². The van der Waals surface area contributed by atoms with E-state index in [0.29, 0.717) is 36.4 Å². The molecule has 0 aliphatic carbocycles. The topological polar surface area (TPSA) is 75.7 Å². The first-order valence-corrected chi connectivity index (χ1v) is 8.81. The summed E-state index contributed by atoms with van der Waals surface area (Å²) < 4.78 is 4.95. The van der Waals surface area contributed by atoms with Crippen LogP contribution in [0.15, 0.2) is 36.4 Å². The van der Waals surface area contributed by atoms with Gasteiger partial charge in [-0.25, -0.2) is 4.90 Å². The molecule has 6 nitrogen and oxygen atoms in total. The summed E-state index contributed by atoms with van der Waals surface area (Å²) in [4.78, 5) is 39.2. The molecular weight excluding hydrogens is 344 g/mol. The first-order chi connectivity index (χ1) is 12.9. The fourth-order valence-corrected chi connectivity index (χ4v) is 3.08. The highest BCUT2D eigenvalue weighted by Gasteiger charge is 2.37. The van der Waals surface area contributed by atoms with Gasteiger partial charge in [-0.05, 0) is 55.7 Å². The highest BCUT2D eigenvalue weighted by molar-refractivity contribution is 6.35. The smallest absolute Gasteiger partial charge is 0.266 e. The van der Waals surface area contributed by atoms with Crippen molar-refractivity contribution >= 4 is 23.4 Å². The van der Waals surface area contributed by atoms with Crippen molar-refractivity contribution < 1.29 is 19.1 Å². The number of fused-ring (bicyclic) bond motifs is 1. The van der Waals surface area contributed by atoms with E-state index in [0.717, 1.165) is 11.1 Å². The van der Waals surface area contributed by atoms with Crippen molar-refractivity contribution in [1.29, 1.82) is 0 Å². The van der Waals surface area contributed by atoms with Gasteiger partial charge in [0.2, 0.25) is 0 Å². The molecule has 0 saturated heterocycles. The van der Waals surface area contributed by atoms with Crippen LogP contribution in [-0.4, -0.2) is 38.0 Å². The highest BCUT2D eigenvalue weighted by atomic mass is 16.5. The second kappa shape index (κ2) is 7.72. The Labute approximate surface area is 158 Å². The number of nitrogens with one attached hydrogen (secondary N) is 1. The van der Waals surface area contributed by atoms with Crippen LogP contribution in [0.3, 0.4) is 0 Å². The average molecular weight is 366 g/mol. The molecule has 0 radical (unpaired) electrons. The molecule has 0 atom stereocenters. The molecule has 6 heteroatoms. The molecular formula is C21H22N2O4. The number of carbonyl (C=O) groups excluding carboxylic acids is 3. The average Bonchev–Trinajstić information content (AvgIpc) is 2.91. The number of rotatable bonds is 6. The van der Waals surface area contributed by atoms with Crippen molar-refractivity contribution in [3.63, 3.8) is 0 Å². The number of hydrogen-bond acceptors (Lipinski definition) is 4. The second-order valence-corrected chi connectivity index (χ2v) is 6.60. The molecule has 0 unspecified atom stereocenters. The number of aryl methyl sites for hydroxylation is 2. The van der Waals surface area contributed by atoms with Crippen molar-refractivity contribution in [3.05, 3.63) is 64.2 Å². The lowest BCUT2D eigenvalue weighted by molar-refractivity contribution is 0.0923. The number of amides is 3. The van der Waals surface area contributed by atoms with Gasteiger partial charge in [0.1, 0.15) is 0 Å². The van der Waals surface area contributed by atoms with E-state index < -0.39 is 5.91 Å².